The molecule has 0 unspecified atom stereocenters. The van der Waals surface area contributed by atoms with Crippen LogP contribution in [-0.2, 0) is 23.8 Å². The summed E-state index contributed by atoms with van der Waals surface area (Å²) in [4.78, 5) is 24.7. The Morgan fingerprint density at radius 3 is 2.25 bits per heavy atom. The molecule has 3 atom stereocenters. The molecular weight excluding hydrogens is 312 g/mol. The van der Waals surface area contributed by atoms with Gasteiger partial charge in [-0.1, -0.05) is 12.2 Å². The van der Waals surface area contributed by atoms with Crippen molar-refractivity contribution in [1.29, 1.82) is 0 Å². The van der Waals surface area contributed by atoms with Crippen molar-refractivity contribution in [2.75, 3.05) is 14.2 Å². The highest BCUT2D eigenvalue weighted by Gasteiger charge is 2.60. The van der Waals surface area contributed by atoms with Crippen molar-refractivity contribution in [3.8, 4) is 0 Å². The lowest BCUT2D eigenvalue weighted by Gasteiger charge is -2.35. The normalized spacial score (nSPS) is 32.7. The zero-order valence-corrected chi connectivity index (χ0v) is 15.2. The Morgan fingerprint density at radius 2 is 1.83 bits per heavy atom. The molecule has 136 valence electrons. The van der Waals surface area contributed by atoms with Crippen LogP contribution in [0.25, 0.3) is 0 Å². The van der Waals surface area contributed by atoms with Crippen molar-refractivity contribution in [2.24, 2.45) is 11.3 Å². The lowest BCUT2D eigenvalue weighted by molar-refractivity contribution is -0.170. The molecule has 2 fully saturated rings. The molecule has 0 spiro atoms. The van der Waals surface area contributed by atoms with E-state index in [2.05, 4.69) is 6.58 Å². The van der Waals surface area contributed by atoms with Crippen LogP contribution in [0.1, 0.15) is 46.5 Å². The monoisotopic (exact) mass is 340 g/mol. The first-order valence-electron chi connectivity index (χ1n) is 8.25. The third kappa shape index (κ3) is 2.97. The molecule has 0 aromatic rings. The Bertz CT molecular complexity index is 530. The van der Waals surface area contributed by atoms with Crippen molar-refractivity contribution < 1.29 is 28.9 Å². The number of carbonyl (C=O) groups excluding carboxylic acids is 2. The molecule has 1 aliphatic heterocycles. The Hall–Kier alpha value is -1.40. The second-order valence-electron chi connectivity index (χ2n) is 7.77. The average Bonchev–Trinajstić information content (AvgIpc) is 3.08. The Morgan fingerprint density at radius 1 is 1.29 bits per heavy atom. The van der Waals surface area contributed by atoms with Crippen molar-refractivity contribution in [3.63, 3.8) is 0 Å². The molecule has 1 N–H and O–H groups in total. The second kappa shape index (κ2) is 6.15. The van der Waals surface area contributed by atoms with Gasteiger partial charge in [0.1, 0.15) is 0 Å². The zero-order chi connectivity index (χ0) is 18.3. The smallest absolute Gasteiger partial charge is 0.323 e. The van der Waals surface area contributed by atoms with Crippen LogP contribution in [0.15, 0.2) is 12.2 Å². The number of rotatable bonds is 4. The van der Waals surface area contributed by atoms with Gasteiger partial charge in [0, 0.05) is 5.92 Å². The maximum Gasteiger partial charge on any atom is 0.323 e. The number of hydrogen-bond donors (Lipinski definition) is 1. The molecule has 0 radical (unpaired) electrons. The van der Waals surface area contributed by atoms with Crippen LogP contribution in [0.3, 0.4) is 0 Å². The lowest BCUT2D eigenvalue weighted by atomic mass is 9.79. The molecule has 0 amide bonds. The van der Waals surface area contributed by atoms with Crippen molar-refractivity contribution in [3.05, 3.63) is 12.2 Å². The number of aliphatic hydroxyl groups is 1. The van der Waals surface area contributed by atoms with Gasteiger partial charge < -0.3 is 19.3 Å². The van der Waals surface area contributed by atoms with Gasteiger partial charge >= 0.3 is 11.9 Å². The molecule has 0 bridgehead atoms. The molecule has 1 saturated heterocycles. The first-order valence-corrected chi connectivity index (χ1v) is 8.25. The first kappa shape index (κ1) is 18.9. The van der Waals surface area contributed by atoms with Gasteiger partial charge in [-0.2, -0.15) is 0 Å². The quantitative estimate of drug-likeness (QED) is 0.479. The van der Waals surface area contributed by atoms with Crippen molar-refractivity contribution >= 4 is 11.9 Å². The minimum Gasteiger partial charge on any atom is -0.468 e. The van der Waals surface area contributed by atoms with Crippen LogP contribution in [-0.4, -0.2) is 48.6 Å². The van der Waals surface area contributed by atoms with E-state index < -0.39 is 28.6 Å². The van der Waals surface area contributed by atoms with Gasteiger partial charge in [-0.3, -0.25) is 9.59 Å². The predicted octanol–water partition coefficient (Wildman–Crippen LogP) is 1.99. The van der Waals surface area contributed by atoms with Crippen LogP contribution in [0.4, 0.5) is 0 Å². The topological polar surface area (TPSA) is 82.1 Å². The highest BCUT2D eigenvalue weighted by molar-refractivity contribution is 6.01. The summed E-state index contributed by atoms with van der Waals surface area (Å²) < 4.78 is 15.9. The van der Waals surface area contributed by atoms with Gasteiger partial charge in [-0.05, 0) is 46.5 Å². The second-order valence-corrected chi connectivity index (χ2v) is 7.77. The van der Waals surface area contributed by atoms with Gasteiger partial charge in [0.2, 0.25) is 0 Å². The minimum atomic E-state index is -1.36. The maximum absolute atomic E-state index is 12.3. The molecule has 24 heavy (non-hydrogen) atoms. The fraction of sp³-hybridized carbons (Fsp3) is 0.778. The van der Waals surface area contributed by atoms with Gasteiger partial charge in [0.25, 0.3) is 0 Å². The van der Waals surface area contributed by atoms with E-state index in [-0.39, 0.29) is 24.9 Å². The Labute approximate surface area is 143 Å². The molecular formula is C18H28O6. The molecule has 1 aliphatic carbocycles. The standard InChI is InChI=1S/C18H28O6/c1-11-9-18(14(19)22-5,15(20)23-6)10-12(11)17(4)8-7-13(24-17)16(2,3)21/h12-13,21H,1,7-10H2,2-6H3/t12-,13+,17-/m0/s1. The summed E-state index contributed by atoms with van der Waals surface area (Å²) in [5.41, 5.74) is -2.10. The van der Waals surface area contributed by atoms with Crippen LogP contribution in [0.5, 0.6) is 0 Å². The Kier molecular flexibility index (Phi) is 4.85. The fourth-order valence-electron chi connectivity index (χ4n) is 4.12. The number of methoxy groups -OCH3 is 2. The number of ether oxygens (including phenoxy) is 3. The van der Waals surface area contributed by atoms with E-state index in [0.29, 0.717) is 6.42 Å². The summed E-state index contributed by atoms with van der Waals surface area (Å²) in [6.45, 7) is 9.49. The SMILES string of the molecule is C=C1CC(C(=O)OC)(C(=O)OC)C[C@@H]1[C@]1(C)CC[C@H](C(C)(C)O)O1. The molecule has 0 aromatic carbocycles. The molecule has 1 heterocycles. The van der Waals surface area contributed by atoms with Gasteiger partial charge in [0.15, 0.2) is 5.41 Å². The summed E-state index contributed by atoms with van der Waals surface area (Å²) in [7, 11) is 2.53. The number of carbonyl (C=O) groups is 2. The number of esters is 2. The summed E-state index contributed by atoms with van der Waals surface area (Å²) >= 11 is 0. The summed E-state index contributed by atoms with van der Waals surface area (Å²) in [5, 5.41) is 10.2. The number of hydrogen-bond acceptors (Lipinski definition) is 6. The Balaban J connectivity index is 2.29. The minimum absolute atomic E-state index is 0.178. The molecule has 0 aromatic heterocycles. The fourth-order valence-corrected chi connectivity index (χ4v) is 4.12. The summed E-state index contributed by atoms with van der Waals surface area (Å²) in [6.07, 6.45) is 1.60. The van der Waals surface area contributed by atoms with E-state index in [4.69, 9.17) is 14.2 Å². The molecule has 2 rings (SSSR count). The van der Waals surface area contributed by atoms with Crippen molar-refractivity contribution in [1.82, 2.24) is 0 Å². The van der Waals surface area contributed by atoms with E-state index in [1.807, 2.05) is 6.92 Å². The van der Waals surface area contributed by atoms with Crippen molar-refractivity contribution in [2.45, 2.75) is 63.8 Å². The van der Waals surface area contributed by atoms with E-state index in [1.165, 1.54) is 14.2 Å². The lowest BCUT2D eigenvalue weighted by Crippen LogP contribution is -2.43. The predicted molar refractivity (Wildman–Crippen MR) is 87.1 cm³/mol. The molecule has 6 nitrogen and oxygen atoms in total. The summed E-state index contributed by atoms with van der Waals surface area (Å²) in [6, 6.07) is 0. The van der Waals surface area contributed by atoms with Gasteiger partial charge in [-0.25, -0.2) is 0 Å². The first-order chi connectivity index (χ1) is 11.0. The average molecular weight is 340 g/mol. The van der Waals surface area contributed by atoms with Crippen LogP contribution >= 0.6 is 0 Å². The van der Waals surface area contributed by atoms with Crippen LogP contribution in [0.2, 0.25) is 0 Å². The van der Waals surface area contributed by atoms with Gasteiger partial charge in [-0.15, -0.1) is 0 Å². The molecule has 1 saturated carbocycles. The van der Waals surface area contributed by atoms with Gasteiger partial charge in [0.05, 0.1) is 31.5 Å². The molecule has 2 aliphatic rings. The summed E-state index contributed by atoms with van der Waals surface area (Å²) in [5.74, 6) is -1.37. The third-order valence-corrected chi connectivity index (χ3v) is 5.57. The molecule has 6 heteroatoms. The van der Waals surface area contributed by atoms with E-state index in [1.54, 1.807) is 13.8 Å². The largest absolute Gasteiger partial charge is 0.468 e. The van der Waals surface area contributed by atoms with E-state index in [0.717, 1.165) is 12.0 Å². The van der Waals surface area contributed by atoms with Crippen LogP contribution < -0.4 is 0 Å². The van der Waals surface area contributed by atoms with E-state index in [9.17, 15) is 14.7 Å². The zero-order valence-electron chi connectivity index (χ0n) is 15.2. The third-order valence-electron chi connectivity index (χ3n) is 5.57. The van der Waals surface area contributed by atoms with E-state index >= 15 is 0 Å². The van der Waals surface area contributed by atoms with Crippen LogP contribution in [0, 0.1) is 11.3 Å². The maximum atomic E-state index is 12.3. The highest BCUT2D eigenvalue weighted by atomic mass is 16.5. The highest BCUT2D eigenvalue weighted by Crippen LogP contribution is 2.54.